The topological polar surface area (TPSA) is 75.7 Å². The van der Waals surface area contributed by atoms with E-state index in [-0.39, 0.29) is 13.0 Å². The van der Waals surface area contributed by atoms with Gasteiger partial charge in [-0.3, -0.25) is 4.79 Å². The summed E-state index contributed by atoms with van der Waals surface area (Å²) >= 11 is 0. The number of rotatable bonds is 8. The van der Waals surface area contributed by atoms with Crippen molar-refractivity contribution >= 4 is 16.2 Å². The minimum Gasteiger partial charge on any atom is -0.469 e. The van der Waals surface area contributed by atoms with Gasteiger partial charge in [0.25, 0.3) is 10.2 Å². The molecule has 7 heteroatoms. The molecule has 0 aliphatic rings. The summed E-state index contributed by atoms with van der Waals surface area (Å²) in [4.78, 5) is 10.9. The highest BCUT2D eigenvalue weighted by Gasteiger charge is 2.18. The van der Waals surface area contributed by atoms with Crippen molar-refractivity contribution in [2.75, 3.05) is 27.2 Å². The van der Waals surface area contributed by atoms with Gasteiger partial charge in [0.15, 0.2) is 0 Å². The third-order valence-electron chi connectivity index (χ3n) is 2.58. The standard InChI is InChI=1S/C10H22N2O4S/c1-5-9(2)8-11-17(14,15)12(3)7-6-10(13)16-4/h9,11H,5-8H2,1-4H3. The van der Waals surface area contributed by atoms with Crippen LogP contribution in [-0.4, -0.2) is 45.9 Å². The molecule has 17 heavy (non-hydrogen) atoms. The average molecular weight is 266 g/mol. The molecule has 0 bridgehead atoms. The second-order valence-corrected chi connectivity index (χ2v) is 5.88. The number of hydrogen-bond donors (Lipinski definition) is 1. The molecule has 0 saturated heterocycles. The van der Waals surface area contributed by atoms with Crippen LogP contribution in [0.15, 0.2) is 0 Å². The Kier molecular flexibility index (Phi) is 7.33. The third kappa shape index (κ3) is 6.60. The van der Waals surface area contributed by atoms with E-state index in [1.54, 1.807) is 0 Å². The lowest BCUT2D eigenvalue weighted by Crippen LogP contribution is -2.40. The smallest absolute Gasteiger partial charge is 0.306 e. The van der Waals surface area contributed by atoms with E-state index in [4.69, 9.17) is 0 Å². The Labute approximate surface area is 104 Å². The SMILES string of the molecule is CCC(C)CNS(=O)(=O)N(C)CCC(=O)OC. The Morgan fingerprint density at radius 1 is 1.47 bits per heavy atom. The zero-order valence-corrected chi connectivity index (χ0v) is 11.7. The van der Waals surface area contributed by atoms with Crippen LogP contribution in [0.5, 0.6) is 0 Å². The first-order chi connectivity index (χ1) is 7.83. The van der Waals surface area contributed by atoms with Gasteiger partial charge in [0.05, 0.1) is 13.5 Å². The number of methoxy groups -OCH3 is 1. The lowest BCUT2D eigenvalue weighted by atomic mass is 10.1. The molecular weight excluding hydrogens is 244 g/mol. The first-order valence-electron chi connectivity index (χ1n) is 5.61. The molecule has 0 aromatic rings. The predicted molar refractivity (Wildman–Crippen MR) is 65.6 cm³/mol. The first kappa shape index (κ1) is 16.3. The number of nitrogens with zero attached hydrogens (tertiary/aromatic N) is 1. The molecule has 0 fully saturated rings. The van der Waals surface area contributed by atoms with Gasteiger partial charge in [-0.2, -0.15) is 12.7 Å². The highest BCUT2D eigenvalue weighted by molar-refractivity contribution is 7.87. The normalized spacial score (nSPS) is 13.7. The summed E-state index contributed by atoms with van der Waals surface area (Å²) in [5, 5.41) is 0. The Bertz CT molecular complexity index is 329. The van der Waals surface area contributed by atoms with Crippen LogP contribution < -0.4 is 4.72 Å². The molecular formula is C10H22N2O4S. The second-order valence-electron chi connectivity index (χ2n) is 4.01. The van der Waals surface area contributed by atoms with Crippen molar-refractivity contribution in [2.24, 2.45) is 5.92 Å². The fraction of sp³-hybridized carbons (Fsp3) is 0.900. The van der Waals surface area contributed by atoms with Gasteiger partial charge in [0.2, 0.25) is 0 Å². The molecule has 6 nitrogen and oxygen atoms in total. The van der Waals surface area contributed by atoms with Gasteiger partial charge in [-0.05, 0) is 5.92 Å². The quantitative estimate of drug-likeness (QED) is 0.644. The molecule has 1 unspecified atom stereocenters. The number of nitrogens with one attached hydrogen (secondary N) is 1. The Morgan fingerprint density at radius 2 is 2.06 bits per heavy atom. The molecule has 0 heterocycles. The summed E-state index contributed by atoms with van der Waals surface area (Å²) in [6, 6.07) is 0. The van der Waals surface area contributed by atoms with Gasteiger partial charge >= 0.3 is 5.97 Å². The van der Waals surface area contributed by atoms with E-state index in [1.807, 2.05) is 13.8 Å². The minimum absolute atomic E-state index is 0.0528. The maximum absolute atomic E-state index is 11.7. The molecule has 1 atom stereocenters. The van der Waals surface area contributed by atoms with Crippen LogP contribution in [0.4, 0.5) is 0 Å². The predicted octanol–water partition coefficient (Wildman–Crippen LogP) is 0.362. The lowest BCUT2D eigenvalue weighted by molar-refractivity contribution is -0.140. The fourth-order valence-corrected chi connectivity index (χ4v) is 2.02. The van der Waals surface area contributed by atoms with E-state index < -0.39 is 16.2 Å². The van der Waals surface area contributed by atoms with Gasteiger partial charge in [-0.1, -0.05) is 20.3 Å². The van der Waals surface area contributed by atoms with Crippen molar-refractivity contribution < 1.29 is 17.9 Å². The Balaban J connectivity index is 4.16. The van der Waals surface area contributed by atoms with E-state index in [2.05, 4.69) is 9.46 Å². The molecule has 0 aliphatic heterocycles. The number of carbonyl (C=O) groups excluding carboxylic acids is 1. The second kappa shape index (κ2) is 7.62. The van der Waals surface area contributed by atoms with Crippen LogP contribution in [0, 0.1) is 5.92 Å². The monoisotopic (exact) mass is 266 g/mol. The summed E-state index contributed by atoms with van der Waals surface area (Å²) in [6.07, 6.45) is 0.964. The zero-order chi connectivity index (χ0) is 13.5. The van der Waals surface area contributed by atoms with E-state index in [0.29, 0.717) is 12.5 Å². The molecule has 102 valence electrons. The van der Waals surface area contributed by atoms with Gasteiger partial charge in [-0.25, -0.2) is 4.72 Å². The van der Waals surface area contributed by atoms with Gasteiger partial charge < -0.3 is 4.74 Å². The van der Waals surface area contributed by atoms with E-state index in [1.165, 1.54) is 14.2 Å². The van der Waals surface area contributed by atoms with Crippen molar-refractivity contribution in [3.8, 4) is 0 Å². The maximum atomic E-state index is 11.7. The van der Waals surface area contributed by atoms with Gasteiger partial charge in [0, 0.05) is 20.1 Å². The minimum atomic E-state index is -3.49. The molecule has 0 aliphatic carbocycles. The van der Waals surface area contributed by atoms with E-state index in [9.17, 15) is 13.2 Å². The van der Waals surface area contributed by atoms with Crippen molar-refractivity contribution in [3.63, 3.8) is 0 Å². The summed E-state index contributed by atoms with van der Waals surface area (Å²) in [5.74, 6) is -0.132. The van der Waals surface area contributed by atoms with Crippen LogP contribution in [0.3, 0.4) is 0 Å². The van der Waals surface area contributed by atoms with Crippen molar-refractivity contribution in [1.29, 1.82) is 0 Å². The summed E-state index contributed by atoms with van der Waals surface area (Å²) in [5.41, 5.74) is 0. The molecule has 0 amide bonds. The average Bonchev–Trinajstić information content (AvgIpc) is 2.32. The lowest BCUT2D eigenvalue weighted by Gasteiger charge is -2.18. The molecule has 0 rings (SSSR count). The molecule has 0 radical (unpaired) electrons. The van der Waals surface area contributed by atoms with E-state index >= 15 is 0 Å². The van der Waals surface area contributed by atoms with Gasteiger partial charge in [-0.15, -0.1) is 0 Å². The van der Waals surface area contributed by atoms with Crippen LogP contribution in [0.1, 0.15) is 26.7 Å². The number of hydrogen-bond acceptors (Lipinski definition) is 4. The maximum Gasteiger partial charge on any atom is 0.306 e. The zero-order valence-electron chi connectivity index (χ0n) is 10.9. The molecule has 1 N–H and O–H groups in total. The fourth-order valence-electron chi connectivity index (χ4n) is 0.973. The molecule has 0 spiro atoms. The molecule has 0 saturated carbocycles. The molecule has 0 aromatic carbocycles. The van der Waals surface area contributed by atoms with Crippen molar-refractivity contribution in [1.82, 2.24) is 9.03 Å². The summed E-state index contributed by atoms with van der Waals surface area (Å²) in [7, 11) is -0.786. The van der Waals surface area contributed by atoms with E-state index in [0.717, 1.165) is 10.7 Å². The largest absolute Gasteiger partial charge is 0.469 e. The molecule has 0 aromatic heterocycles. The number of esters is 1. The first-order valence-corrected chi connectivity index (χ1v) is 7.05. The summed E-state index contributed by atoms with van der Waals surface area (Å²) in [6.45, 7) is 4.49. The Hall–Kier alpha value is -0.660. The van der Waals surface area contributed by atoms with Crippen molar-refractivity contribution in [2.45, 2.75) is 26.7 Å². The highest BCUT2D eigenvalue weighted by atomic mass is 32.2. The van der Waals surface area contributed by atoms with Crippen LogP contribution in [-0.2, 0) is 19.7 Å². The third-order valence-corrected chi connectivity index (χ3v) is 4.11. The van der Waals surface area contributed by atoms with Crippen LogP contribution in [0.25, 0.3) is 0 Å². The van der Waals surface area contributed by atoms with Crippen LogP contribution >= 0.6 is 0 Å². The van der Waals surface area contributed by atoms with Crippen molar-refractivity contribution in [3.05, 3.63) is 0 Å². The summed E-state index contributed by atoms with van der Waals surface area (Å²) < 4.78 is 31.5. The van der Waals surface area contributed by atoms with Gasteiger partial charge in [0.1, 0.15) is 0 Å². The number of ether oxygens (including phenoxy) is 1. The highest BCUT2D eigenvalue weighted by Crippen LogP contribution is 2.01. The Morgan fingerprint density at radius 3 is 2.53 bits per heavy atom. The van der Waals surface area contributed by atoms with Crippen LogP contribution in [0.2, 0.25) is 0 Å². The number of carbonyl (C=O) groups is 1.